The fraction of sp³-hybridized carbons (Fsp3) is 0.600. The van der Waals surface area contributed by atoms with Crippen molar-refractivity contribution in [1.29, 1.82) is 0 Å². The van der Waals surface area contributed by atoms with Gasteiger partial charge in [-0.25, -0.2) is 0 Å². The molecule has 1 saturated carbocycles. The van der Waals surface area contributed by atoms with E-state index in [1.807, 2.05) is 0 Å². The van der Waals surface area contributed by atoms with Crippen LogP contribution in [-0.2, 0) is 15.0 Å². The number of ether oxygens (including phenoxy) is 2. The van der Waals surface area contributed by atoms with E-state index in [1.54, 1.807) is 0 Å². The number of carbonyl (C=O) groups is 2. The maximum Gasteiger partial charge on any atom is 0.322 e. The van der Waals surface area contributed by atoms with Crippen molar-refractivity contribution in [3.63, 3.8) is 0 Å². The molecule has 0 bridgehead atoms. The molecule has 3 aliphatic rings. The number of rotatable bonds is 4. The van der Waals surface area contributed by atoms with Crippen molar-refractivity contribution in [1.82, 2.24) is 10.2 Å². The Balaban J connectivity index is 1.64. The van der Waals surface area contributed by atoms with Gasteiger partial charge < -0.3 is 19.9 Å². The summed E-state index contributed by atoms with van der Waals surface area (Å²) in [5.41, 5.74) is 2.56. The average molecular weight is 374 g/mol. The van der Waals surface area contributed by atoms with Crippen molar-refractivity contribution in [2.75, 3.05) is 32.8 Å². The lowest BCUT2D eigenvalue weighted by atomic mass is 9.71. The Morgan fingerprint density at radius 1 is 1.22 bits per heavy atom. The van der Waals surface area contributed by atoms with Gasteiger partial charge in [-0.2, -0.15) is 0 Å². The van der Waals surface area contributed by atoms with Gasteiger partial charge in [-0.15, -0.1) is 0 Å². The number of benzene rings is 1. The Bertz CT molecular complexity index is 757. The summed E-state index contributed by atoms with van der Waals surface area (Å²) < 4.78 is 11.6. The smallest absolute Gasteiger partial charge is 0.322 e. The van der Waals surface area contributed by atoms with Gasteiger partial charge in [0.25, 0.3) is 0 Å². The third-order valence-electron chi connectivity index (χ3n) is 6.13. The van der Waals surface area contributed by atoms with Gasteiger partial charge in [0.05, 0.1) is 6.54 Å². The van der Waals surface area contributed by atoms with Crippen molar-refractivity contribution < 1.29 is 24.2 Å². The monoisotopic (exact) mass is 374 g/mol. The van der Waals surface area contributed by atoms with E-state index < -0.39 is 5.97 Å². The number of hydrogen-bond acceptors (Lipinski definition) is 5. The topological polar surface area (TPSA) is 88.1 Å². The molecule has 27 heavy (non-hydrogen) atoms. The molecule has 4 rings (SSSR count). The van der Waals surface area contributed by atoms with Gasteiger partial charge in [0.1, 0.15) is 19.8 Å². The molecule has 1 spiro atoms. The van der Waals surface area contributed by atoms with Crippen LogP contribution in [-0.4, -0.2) is 54.7 Å². The molecule has 146 valence electrons. The van der Waals surface area contributed by atoms with Gasteiger partial charge in [-0.3, -0.25) is 14.5 Å². The highest BCUT2D eigenvalue weighted by Gasteiger charge is 2.45. The lowest BCUT2D eigenvalue weighted by molar-refractivity contribution is -0.138. The van der Waals surface area contributed by atoms with E-state index in [-0.39, 0.29) is 30.5 Å². The minimum atomic E-state index is -1.03. The third kappa shape index (κ3) is 3.36. The normalized spacial score (nSPS) is 23.1. The van der Waals surface area contributed by atoms with Gasteiger partial charge in [0, 0.05) is 18.0 Å². The molecular weight excluding hydrogens is 348 g/mol. The molecule has 0 aromatic heterocycles. The van der Waals surface area contributed by atoms with E-state index in [2.05, 4.69) is 29.3 Å². The molecule has 2 N–H and O–H groups in total. The number of amides is 1. The zero-order valence-electron chi connectivity index (χ0n) is 15.6. The first kappa shape index (κ1) is 18.1. The molecular formula is C20H26N2O5. The number of fused-ring (bicyclic) bond motifs is 3. The van der Waals surface area contributed by atoms with Crippen LogP contribution in [0.4, 0.5) is 0 Å². The van der Waals surface area contributed by atoms with Crippen LogP contribution in [0.5, 0.6) is 11.5 Å². The second kappa shape index (κ2) is 7.03. The zero-order valence-corrected chi connectivity index (χ0v) is 15.6. The second-order valence-corrected chi connectivity index (χ2v) is 7.82. The number of hydrogen-bond donors (Lipinski definition) is 2. The van der Waals surface area contributed by atoms with Gasteiger partial charge >= 0.3 is 5.97 Å². The van der Waals surface area contributed by atoms with Crippen LogP contribution in [0.25, 0.3) is 0 Å². The van der Waals surface area contributed by atoms with E-state index in [0.29, 0.717) is 13.2 Å². The summed E-state index contributed by atoms with van der Waals surface area (Å²) in [6.45, 7) is 3.88. The number of carboxylic acids is 1. The summed E-state index contributed by atoms with van der Waals surface area (Å²) in [4.78, 5) is 25.1. The quantitative estimate of drug-likeness (QED) is 0.836. The highest BCUT2D eigenvalue weighted by molar-refractivity contribution is 5.82. The predicted octanol–water partition coefficient (Wildman–Crippen LogP) is 1.85. The van der Waals surface area contributed by atoms with Crippen LogP contribution in [0, 0.1) is 0 Å². The molecule has 7 heteroatoms. The molecule has 0 saturated heterocycles. The number of carboxylic acid groups (broad SMARTS) is 1. The largest absolute Gasteiger partial charge is 0.486 e. The van der Waals surface area contributed by atoms with Crippen LogP contribution < -0.4 is 14.8 Å². The molecule has 1 aromatic rings. The van der Waals surface area contributed by atoms with Crippen LogP contribution in [0.1, 0.15) is 49.8 Å². The van der Waals surface area contributed by atoms with Gasteiger partial charge in [-0.05, 0) is 43.0 Å². The summed E-state index contributed by atoms with van der Waals surface area (Å²) in [5.74, 6) is 0.318. The molecule has 1 atom stereocenters. The lowest BCUT2D eigenvalue weighted by Gasteiger charge is -2.46. The minimum Gasteiger partial charge on any atom is -0.486 e. The summed E-state index contributed by atoms with van der Waals surface area (Å²) in [6, 6.07) is 4.29. The zero-order chi connectivity index (χ0) is 19.0. The number of carbonyl (C=O) groups excluding carboxylic acids is 1. The Morgan fingerprint density at radius 2 is 1.89 bits per heavy atom. The second-order valence-electron chi connectivity index (χ2n) is 7.82. The van der Waals surface area contributed by atoms with Crippen LogP contribution >= 0.6 is 0 Å². The molecule has 2 heterocycles. The fourth-order valence-electron chi connectivity index (χ4n) is 4.80. The molecule has 1 fully saturated rings. The number of aliphatic carboxylic acids is 1. The first-order valence-corrected chi connectivity index (χ1v) is 9.65. The van der Waals surface area contributed by atoms with Crippen molar-refractivity contribution >= 4 is 11.9 Å². The standard InChI is InChI=1S/C20H26N2O5/c1-13-14-8-16-17(27-7-6-26-16)9-15(14)20(4-2-3-5-20)12-22(13)11-18(23)21-10-19(24)25/h8-9,13H,2-7,10-12H2,1H3,(H,21,23)(H,24,25). The Kier molecular flexibility index (Phi) is 4.72. The molecule has 1 amide bonds. The molecule has 7 nitrogen and oxygen atoms in total. The molecule has 2 aliphatic heterocycles. The summed E-state index contributed by atoms with van der Waals surface area (Å²) in [6.07, 6.45) is 4.56. The van der Waals surface area contributed by atoms with E-state index in [9.17, 15) is 9.59 Å². The molecule has 1 aromatic carbocycles. The first-order chi connectivity index (χ1) is 13.0. The van der Waals surface area contributed by atoms with Crippen LogP contribution in [0.3, 0.4) is 0 Å². The maximum atomic E-state index is 12.2. The van der Waals surface area contributed by atoms with E-state index >= 15 is 0 Å². The van der Waals surface area contributed by atoms with Gasteiger partial charge in [0.15, 0.2) is 11.5 Å². The fourth-order valence-corrected chi connectivity index (χ4v) is 4.80. The minimum absolute atomic E-state index is 0.0325. The summed E-state index contributed by atoms with van der Waals surface area (Å²) >= 11 is 0. The number of nitrogens with zero attached hydrogens (tertiary/aromatic N) is 1. The van der Waals surface area contributed by atoms with E-state index in [0.717, 1.165) is 30.9 Å². The molecule has 1 aliphatic carbocycles. The molecule has 0 radical (unpaired) electrons. The van der Waals surface area contributed by atoms with Gasteiger partial charge in [-0.1, -0.05) is 12.8 Å². The first-order valence-electron chi connectivity index (χ1n) is 9.65. The Labute approximate surface area is 158 Å². The summed E-state index contributed by atoms with van der Waals surface area (Å²) in [5, 5.41) is 11.3. The van der Waals surface area contributed by atoms with Gasteiger partial charge in [0.2, 0.25) is 5.91 Å². The summed E-state index contributed by atoms with van der Waals surface area (Å²) in [7, 11) is 0. The number of nitrogens with one attached hydrogen (secondary N) is 1. The van der Waals surface area contributed by atoms with Crippen LogP contribution in [0.15, 0.2) is 12.1 Å². The maximum absolute atomic E-state index is 12.2. The lowest BCUT2D eigenvalue weighted by Crippen LogP contribution is -2.49. The van der Waals surface area contributed by atoms with Crippen molar-refractivity contribution in [2.24, 2.45) is 0 Å². The Morgan fingerprint density at radius 3 is 2.56 bits per heavy atom. The highest BCUT2D eigenvalue weighted by atomic mass is 16.6. The average Bonchev–Trinajstić information content (AvgIpc) is 3.12. The van der Waals surface area contributed by atoms with E-state index in [4.69, 9.17) is 14.6 Å². The Hall–Kier alpha value is -2.28. The third-order valence-corrected chi connectivity index (χ3v) is 6.13. The van der Waals surface area contributed by atoms with E-state index in [1.165, 1.54) is 24.0 Å². The van der Waals surface area contributed by atoms with Crippen molar-refractivity contribution in [3.8, 4) is 11.5 Å². The van der Waals surface area contributed by atoms with Crippen molar-refractivity contribution in [3.05, 3.63) is 23.3 Å². The SMILES string of the molecule is CC1c2cc3c(cc2C2(CCCC2)CN1CC(=O)NCC(=O)O)OCCO3. The van der Waals surface area contributed by atoms with Crippen molar-refractivity contribution in [2.45, 2.75) is 44.1 Å². The molecule has 1 unspecified atom stereocenters. The predicted molar refractivity (Wildman–Crippen MR) is 98.2 cm³/mol. The highest BCUT2D eigenvalue weighted by Crippen LogP contribution is 2.51. The van der Waals surface area contributed by atoms with Crippen LogP contribution in [0.2, 0.25) is 0 Å².